The first-order valence-corrected chi connectivity index (χ1v) is 8.28. The van der Waals surface area contributed by atoms with E-state index in [1.165, 1.54) is 12.1 Å². The SMILES string of the molecule is CCCO[C@]1(Nc2ccc(I)cc2F)C(C(N)=O)=CC=C(F)C1F. The Morgan fingerprint density at radius 3 is 2.71 bits per heavy atom. The highest BCUT2D eigenvalue weighted by atomic mass is 127. The molecule has 1 unspecified atom stereocenters. The summed E-state index contributed by atoms with van der Waals surface area (Å²) in [5, 5.41) is 2.51. The van der Waals surface area contributed by atoms with Crippen LogP contribution in [0.15, 0.2) is 41.8 Å². The smallest absolute Gasteiger partial charge is 0.249 e. The molecule has 0 aliphatic heterocycles. The predicted octanol–water partition coefficient (Wildman–Crippen LogP) is 3.58. The monoisotopic (exact) mass is 452 g/mol. The van der Waals surface area contributed by atoms with Crippen LogP contribution >= 0.6 is 22.6 Å². The lowest BCUT2D eigenvalue weighted by atomic mass is 9.90. The summed E-state index contributed by atoms with van der Waals surface area (Å²) in [5.41, 5.74) is 2.62. The van der Waals surface area contributed by atoms with Crippen molar-refractivity contribution in [1.82, 2.24) is 0 Å². The Morgan fingerprint density at radius 2 is 2.12 bits per heavy atom. The quantitative estimate of drug-likeness (QED) is 0.513. The Morgan fingerprint density at radius 1 is 1.42 bits per heavy atom. The Bertz CT molecular complexity index is 709. The number of amides is 1. The summed E-state index contributed by atoms with van der Waals surface area (Å²) < 4.78 is 48.8. The molecular weight excluding hydrogens is 436 g/mol. The molecule has 1 amide bonds. The second-order valence-corrected chi connectivity index (χ2v) is 6.44. The van der Waals surface area contributed by atoms with Crippen molar-refractivity contribution in [2.24, 2.45) is 5.73 Å². The molecule has 1 aromatic rings. The fourth-order valence-electron chi connectivity index (χ4n) is 2.34. The number of ether oxygens (including phenoxy) is 1. The summed E-state index contributed by atoms with van der Waals surface area (Å²) >= 11 is 1.91. The van der Waals surface area contributed by atoms with Gasteiger partial charge in [-0.15, -0.1) is 0 Å². The minimum atomic E-state index is -2.35. The van der Waals surface area contributed by atoms with Gasteiger partial charge in [0.2, 0.25) is 17.8 Å². The number of carbonyl (C=O) groups is 1. The highest BCUT2D eigenvalue weighted by Crippen LogP contribution is 2.38. The van der Waals surface area contributed by atoms with Crippen molar-refractivity contribution in [2.75, 3.05) is 11.9 Å². The van der Waals surface area contributed by atoms with Crippen LogP contribution in [-0.2, 0) is 9.53 Å². The molecule has 0 spiro atoms. The molecule has 0 saturated heterocycles. The number of alkyl halides is 1. The van der Waals surface area contributed by atoms with E-state index < -0.39 is 29.4 Å². The zero-order valence-electron chi connectivity index (χ0n) is 12.8. The molecule has 2 rings (SSSR count). The van der Waals surface area contributed by atoms with Gasteiger partial charge in [-0.05, 0) is 59.4 Å². The third-order valence-corrected chi connectivity index (χ3v) is 4.13. The lowest BCUT2D eigenvalue weighted by Gasteiger charge is -2.39. The summed E-state index contributed by atoms with van der Waals surface area (Å²) in [6.45, 7) is 1.77. The Kier molecular flexibility index (Phi) is 5.92. The van der Waals surface area contributed by atoms with E-state index in [0.717, 1.165) is 12.2 Å². The number of hydrogen-bond donors (Lipinski definition) is 2. The fraction of sp³-hybridized carbons (Fsp3) is 0.312. The van der Waals surface area contributed by atoms with Crippen LogP contribution in [0, 0.1) is 9.39 Å². The van der Waals surface area contributed by atoms with Gasteiger partial charge in [0, 0.05) is 10.2 Å². The van der Waals surface area contributed by atoms with Crippen LogP contribution < -0.4 is 11.1 Å². The van der Waals surface area contributed by atoms with Crippen LogP contribution in [0.4, 0.5) is 18.9 Å². The van der Waals surface area contributed by atoms with Gasteiger partial charge >= 0.3 is 0 Å². The zero-order valence-corrected chi connectivity index (χ0v) is 14.9. The first-order valence-electron chi connectivity index (χ1n) is 7.20. The van der Waals surface area contributed by atoms with E-state index in [9.17, 15) is 18.0 Å². The molecule has 0 fully saturated rings. The molecule has 3 N–H and O–H groups in total. The summed E-state index contributed by atoms with van der Waals surface area (Å²) in [6.07, 6.45) is -0.0243. The Balaban J connectivity index is 2.53. The molecule has 1 aromatic carbocycles. The van der Waals surface area contributed by atoms with E-state index in [2.05, 4.69) is 5.32 Å². The zero-order chi connectivity index (χ0) is 17.9. The van der Waals surface area contributed by atoms with E-state index in [4.69, 9.17) is 10.5 Å². The standard InChI is InChI=1S/C16H16F3IN2O2/c1-2-7-24-16(22-13-6-3-9(20)8-12(13)18)10(15(21)23)4-5-11(17)14(16)19/h3-6,8,14,22H,2,7H2,1H3,(H2,21,23)/t14?,16-/m1/s1. The molecule has 0 radical (unpaired) electrons. The Labute approximate surface area is 151 Å². The van der Waals surface area contributed by atoms with Gasteiger partial charge in [0.25, 0.3) is 0 Å². The first-order chi connectivity index (χ1) is 11.3. The van der Waals surface area contributed by atoms with Crippen molar-refractivity contribution in [3.8, 4) is 0 Å². The number of anilines is 1. The van der Waals surface area contributed by atoms with Gasteiger partial charge in [0.05, 0.1) is 11.3 Å². The number of halogens is 4. The number of carbonyl (C=O) groups excluding carboxylic acids is 1. The van der Waals surface area contributed by atoms with Gasteiger partial charge in [0.1, 0.15) is 11.6 Å². The van der Waals surface area contributed by atoms with Crippen LogP contribution in [-0.4, -0.2) is 24.4 Å². The summed E-state index contributed by atoms with van der Waals surface area (Å²) in [5.74, 6) is -2.82. The van der Waals surface area contributed by atoms with Crippen LogP contribution in [0.3, 0.4) is 0 Å². The minimum Gasteiger partial charge on any atom is -0.366 e. The Hall–Kier alpha value is -1.55. The van der Waals surface area contributed by atoms with Crippen LogP contribution in [0.2, 0.25) is 0 Å². The summed E-state index contributed by atoms with van der Waals surface area (Å²) in [7, 11) is 0. The van der Waals surface area contributed by atoms with Crippen molar-refractivity contribution >= 4 is 34.2 Å². The summed E-state index contributed by atoms with van der Waals surface area (Å²) in [6, 6.07) is 4.15. The van der Waals surface area contributed by atoms with Gasteiger partial charge < -0.3 is 15.8 Å². The van der Waals surface area contributed by atoms with Crippen molar-refractivity contribution < 1.29 is 22.7 Å². The van der Waals surface area contributed by atoms with E-state index in [1.807, 2.05) is 22.6 Å². The molecule has 130 valence electrons. The molecule has 0 aromatic heterocycles. The lowest BCUT2D eigenvalue weighted by molar-refractivity contribution is -0.119. The fourth-order valence-corrected chi connectivity index (χ4v) is 2.79. The van der Waals surface area contributed by atoms with E-state index in [-0.39, 0.29) is 17.9 Å². The number of benzene rings is 1. The van der Waals surface area contributed by atoms with Crippen molar-refractivity contribution in [2.45, 2.75) is 25.2 Å². The maximum atomic E-state index is 14.7. The maximum absolute atomic E-state index is 14.7. The first kappa shape index (κ1) is 18.8. The molecule has 0 saturated carbocycles. The third kappa shape index (κ3) is 3.59. The van der Waals surface area contributed by atoms with Crippen LogP contribution in [0.1, 0.15) is 13.3 Å². The lowest BCUT2D eigenvalue weighted by Crippen LogP contribution is -2.56. The second-order valence-electron chi connectivity index (χ2n) is 5.19. The number of allylic oxidation sites excluding steroid dienone is 2. The number of nitrogens with one attached hydrogen (secondary N) is 1. The van der Waals surface area contributed by atoms with Crippen molar-refractivity contribution in [3.05, 3.63) is 51.1 Å². The van der Waals surface area contributed by atoms with Gasteiger partial charge in [-0.1, -0.05) is 6.92 Å². The second kappa shape index (κ2) is 7.56. The highest BCUT2D eigenvalue weighted by Gasteiger charge is 2.50. The van der Waals surface area contributed by atoms with Gasteiger partial charge in [-0.25, -0.2) is 13.2 Å². The molecule has 1 aliphatic carbocycles. The van der Waals surface area contributed by atoms with Gasteiger partial charge in [0.15, 0.2) is 0 Å². The normalized spacial score (nSPS) is 23.5. The number of primary amides is 1. The van der Waals surface area contributed by atoms with Crippen LogP contribution in [0.25, 0.3) is 0 Å². The minimum absolute atomic E-state index is 0.0112. The van der Waals surface area contributed by atoms with E-state index in [0.29, 0.717) is 9.99 Å². The van der Waals surface area contributed by atoms with Crippen molar-refractivity contribution in [1.29, 1.82) is 0 Å². The molecule has 0 bridgehead atoms. The molecular formula is C16H16F3IN2O2. The average Bonchev–Trinajstić information content (AvgIpc) is 2.52. The third-order valence-electron chi connectivity index (χ3n) is 3.46. The predicted molar refractivity (Wildman–Crippen MR) is 93.1 cm³/mol. The molecule has 2 atom stereocenters. The molecule has 24 heavy (non-hydrogen) atoms. The van der Waals surface area contributed by atoms with Gasteiger partial charge in [-0.3, -0.25) is 4.79 Å². The largest absolute Gasteiger partial charge is 0.366 e. The molecule has 4 nitrogen and oxygen atoms in total. The number of nitrogens with two attached hydrogens (primary N) is 1. The number of rotatable bonds is 6. The van der Waals surface area contributed by atoms with Crippen molar-refractivity contribution in [3.63, 3.8) is 0 Å². The van der Waals surface area contributed by atoms with E-state index in [1.54, 1.807) is 13.0 Å². The van der Waals surface area contributed by atoms with Gasteiger partial charge in [-0.2, -0.15) is 0 Å². The highest BCUT2D eigenvalue weighted by molar-refractivity contribution is 14.1. The van der Waals surface area contributed by atoms with E-state index >= 15 is 0 Å². The number of hydrogen-bond acceptors (Lipinski definition) is 3. The molecule has 8 heteroatoms. The maximum Gasteiger partial charge on any atom is 0.249 e. The van der Waals surface area contributed by atoms with Crippen LogP contribution in [0.5, 0.6) is 0 Å². The summed E-state index contributed by atoms with van der Waals surface area (Å²) in [4.78, 5) is 11.7. The topological polar surface area (TPSA) is 64.3 Å². The average molecular weight is 452 g/mol. The molecule has 0 heterocycles. The molecule has 1 aliphatic rings.